The fourth-order valence-electron chi connectivity index (χ4n) is 7.09. The maximum Gasteiger partial charge on any atom is 0.249 e. The van der Waals surface area contributed by atoms with Crippen LogP contribution in [0, 0.1) is 17.8 Å². The lowest BCUT2D eigenvalue weighted by Gasteiger charge is -2.39. The van der Waals surface area contributed by atoms with Crippen LogP contribution < -0.4 is 0 Å². The van der Waals surface area contributed by atoms with Gasteiger partial charge in [-0.2, -0.15) is 0 Å². The van der Waals surface area contributed by atoms with Gasteiger partial charge >= 0.3 is 0 Å². The molecule has 3 amide bonds. The summed E-state index contributed by atoms with van der Waals surface area (Å²) in [6, 6.07) is 8.36. The predicted octanol–water partition coefficient (Wildman–Crippen LogP) is 3.16. The minimum Gasteiger partial charge on any atom is -0.394 e. The molecule has 4 aliphatic rings. The van der Waals surface area contributed by atoms with Gasteiger partial charge in [-0.05, 0) is 24.3 Å². The summed E-state index contributed by atoms with van der Waals surface area (Å²) >= 11 is 0. The molecule has 216 valence electrons. The van der Waals surface area contributed by atoms with Gasteiger partial charge in [0, 0.05) is 26.2 Å². The number of hydrogen-bond donors (Lipinski definition) is 1. The Hall–Kier alpha value is -2.97. The first-order valence-corrected chi connectivity index (χ1v) is 14.9. The van der Waals surface area contributed by atoms with E-state index in [0.717, 1.165) is 24.8 Å². The standard InChI is InChI=1S/C32H43N3O5/c1-4-5-9-16-33-18-11-15-32-27(30(38)35(28(32)31(33)39)24(21-36)19-22(2)3)26-25(40-32)14-10-17-34(29(26)37)20-23-12-7-6-8-13-23/h6-8,10-15,22,24-28,36H,4-5,9,16-21H2,1-3H3/t24-,25+,26-,27+,28?,32+/m1/s1. The predicted molar refractivity (Wildman–Crippen MR) is 152 cm³/mol. The van der Waals surface area contributed by atoms with E-state index in [4.69, 9.17) is 4.74 Å². The van der Waals surface area contributed by atoms with Crippen molar-refractivity contribution in [1.29, 1.82) is 0 Å². The maximum atomic E-state index is 14.5. The van der Waals surface area contributed by atoms with Crippen molar-refractivity contribution in [2.45, 2.75) is 76.8 Å². The number of aliphatic hydroxyl groups excluding tert-OH is 1. The number of fused-ring (bicyclic) bond motifs is 2. The van der Waals surface area contributed by atoms with E-state index in [1.807, 2.05) is 73.4 Å². The highest BCUT2D eigenvalue weighted by Crippen LogP contribution is 2.54. The van der Waals surface area contributed by atoms with Gasteiger partial charge < -0.3 is 24.5 Å². The summed E-state index contributed by atoms with van der Waals surface area (Å²) in [5.41, 5.74) is -0.249. The second-order valence-corrected chi connectivity index (χ2v) is 12.1. The minimum absolute atomic E-state index is 0.135. The van der Waals surface area contributed by atoms with Crippen LogP contribution >= 0.6 is 0 Å². The van der Waals surface area contributed by atoms with Crippen LogP contribution in [0.4, 0.5) is 0 Å². The molecule has 2 saturated heterocycles. The molecule has 40 heavy (non-hydrogen) atoms. The summed E-state index contributed by atoms with van der Waals surface area (Å²) in [7, 11) is 0. The molecule has 0 aromatic heterocycles. The molecule has 1 spiro atoms. The van der Waals surface area contributed by atoms with Gasteiger partial charge in [-0.1, -0.05) is 88.2 Å². The fraction of sp³-hybridized carbons (Fsp3) is 0.594. The average Bonchev–Trinajstić information content (AvgIpc) is 3.27. The second kappa shape index (κ2) is 11.9. The molecule has 0 bridgehead atoms. The Balaban J connectivity index is 1.54. The van der Waals surface area contributed by atoms with Gasteiger partial charge in [-0.25, -0.2) is 0 Å². The number of carbonyl (C=O) groups excluding carboxylic acids is 3. The SMILES string of the molecule is CCCCCN1CC=C[C@]23O[C@H]4C=CCN(Cc5ccccc5)C(=O)[C@H]4[C@H]2C(=O)N([C@@H](CO)CC(C)C)C3C1=O. The van der Waals surface area contributed by atoms with Crippen LogP contribution in [0.1, 0.15) is 52.0 Å². The van der Waals surface area contributed by atoms with Gasteiger partial charge in [0.2, 0.25) is 17.7 Å². The van der Waals surface area contributed by atoms with E-state index in [1.165, 1.54) is 0 Å². The molecule has 4 aliphatic heterocycles. The molecular formula is C32H43N3O5. The smallest absolute Gasteiger partial charge is 0.249 e. The third kappa shape index (κ3) is 5.00. The topological polar surface area (TPSA) is 90.4 Å². The van der Waals surface area contributed by atoms with Crippen LogP contribution in [-0.4, -0.2) is 87.6 Å². The third-order valence-corrected chi connectivity index (χ3v) is 8.86. The molecule has 1 N–H and O–H groups in total. The van der Waals surface area contributed by atoms with Crippen molar-refractivity contribution in [1.82, 2.24) is 14.7 Å². The lowest BCUT2D eigenvalue weighted by molar-refractivity contribution is -0.151. The number of carbonyl (C=O) groups is 3. The summed E-state index contributed by atoms with van der Waals surface area (Å²) in [4.78, 5) is 48.1. The normalized spacial score (nSPS) is 30.4. The van der Waals surface area contributed by atoms with E-state index in [0.29, 0.717) is 32.6 Å². The van der Waals surface area contributed by atoms with Crippen LogP contribution in [0.25, 0.3) is 0 Å². The molecule has 2 fully saturated rings. The number of aliphatic hydroxyl groups is 1. The van der Waals surface area contributed by atoms with Crippen LogP contribution in [0.3, 0.4) is 0 Å². The Labute approximate surface area is 237 Å². The number of unbranched alkanes of at least 4 members (excludes halogenated alkanes) is 2. The molecule has 8 heteroatoms. The number of nitrogens with zero attached hydrogens (tertiary/aromatic N) is 3. The first-order valence-electron chi connectivity index (χ1n) is 14.9. The van der Waals surface area contributed by atoms with Crippen LogP contribution in [-0.2, 0) is 25.7 Å². The van der Waals surface area contributed by atoms with E-state index in [2.05, 4.69) is 6.92 Å². The second-order valence-electron chi connectivity index (χ2n) is 12.1. The van der Waals surface area contributed by atoms with Crippen molar-refractivity contribution in [2.75, 3.05) is 26.2 Å². The largest absolute Gasteiger partial charge is 0.394 e. The zero-order valence-electron chi connectivity index (χ0n) is 23.9. The lowest BCUT2D eigenvalue weighted by atomic mass is 9.77. The highest BCUT2D eigenvalue weighted by atomic mass is 16.5. The van der Waals surface area contributed by atoms with Crippen molar-refractivity contribution in [3.8, 4) is 0 Å². The third-order valence-electron chi connectivity index (χ3n) is 8.86. The molecular weight excluding hydrogens is 506 g/mol. The molecule has 0 aliphatic carbocycles. The van der Waals surface area contributed by atoms with Gasteiger partial charge in [0.15, 0.2) is 0 Å². The summed E-state index contributed by atoms with van der Waals surface area (Å²) in [6.07, 6.45) is 10.5. The van der Waals surface area contributed by atoms with Gasteiger partial charge in [0.25, 0.3) is 0 Å². The number of hydrogen-bond acceptors (Lipinski definition) is 5. The number of benzene rings is 1. The van der Waals surface area contributed by atoms with E-state index in [9.17, 15) is 19.5 Å². The quantitative estimate of drug-likeness (QED) is 0.358. The minimum atomic E-state index is -1.26. The van der Waals surface area contributed by atoms with Crippen LogP contribution in [0.2, 0.25) is 0 Å². The van der Waals surface area contributed by atoms with Crippen LogP contribution in [0.15, 0.2) is 54.6 Å². The molecule has 1 aromatic carbocycles. The Bertz CT molecular complexity index is 1150. The molecule has 1 aromatic rings. The Morgan fingerprint density at radius 3 is 2.45 bits per heavy atom. The van der Waals surface area contributed by atoms with Crippen molar-refractivity contribution >= 4 is 17.7 Å². The molecule has 1 unspecified atom stereocenters. The van der Waals surface area contributed by atoms with Gasteiger partial charge in [-0.3, -0.25) is 14.4 Å². The zero-order chi connectivity index (χ0) is 28.4. The van der Waals surface area contributed by atoms with Crippen molar-refractivity contribution < 1.29 is 24.2 Å². The monoisotopic (exact) mass is 549 g/mol. The lowest BCUT2D eigenvalue weighted by Crippen LogP contribution is -2.58. The first-order chi connectivity index (χ1) is 19.3. The zero-order valence-corrected chi connectivity index (χ0v) is 23.9. The van der Waals surface area contributed by atoms with Gasteiger partial charge in [-0.15, -0.1) is 0 Å². The Morgan fingerprint density at radius 1 is 1.00 bits per heavy atom. The molecule has 4 heterocycles. The summed E-state index contributed by atoms with van der Waals surface area (Å²) < 4.78 is 6.74. The summed E-state index contributed by atoms with van der Waals surface area (Å²) in [5, 5.41) is 10.5. The molecule has 8 nitrogen and oxygen atoms in total. The van der Waals surface area contributed by atoms with Gasteiger partial charge in [0.1, 0.15) is 11.6 Å². The fourth-order valence-corrected chi connectivity index (χ4v) is 7.09. The van der Waals surface area contributed by atoms with Gasteiger partial charge in [0.05, 0.1) is 30.6 Å². The number of likely N-dealkylation sites (tertiary alicyclic amines) is 1. The average molecular weight is 550 g/mol. The number of ether oxygens (including phenoxy) is 1. The van der Waals surface area contributed by atoms with Crippen molar-refractivity contribution in [3.05, 3.63) is 60.2 Å². The van der Waals surface area contributed by atoms with Crippen molar-refractivity contribution in [3.63, 3.8) is 0 Å². The molecule has 0 saturated carbocycles. The molecule has 6 atom stereocenters. The summed E-state index contributed by atoms with van der Waals surface area (Å²) in [6.45, 7) is 7.85. The summed E-state index contributed by atoms with van der Waals surface area (Å²) in [5.74, 6) is -1.94. The number of amides is 3. The van der Waals surface area contributed by atoms with E-state index >= 15 is 0 Å². The van der Waals surface area contributed by atoms with E-state index in [-0.39, 0.29) is 30.2 Å². The Morgan fingerprint density at radius 2 is 1.75 bits per heavy atom. The van der Waals surface area contributed by atoms with E-state index in [1.54, 1.807) is 9.80 Å². The number of rotatable bonds is 10. The Kier molecular flexibility index (Phi) is 8.47. The van der Waals surface area contributed by atoms with Crippen molar-refractivity contribution in [2.24, 2.45) is 17.8 Å². The highest BCUT2D eigenvalue weighted by molar-refractivity contribution is 6.00. The highest BCUT2D eigenvalue weighted by Gasteiger charge is 2.72. The van der Waals surface area contributed by atoms with E-state index < -0.39 is 35.6 Å². The van der Waals surface area contributed by atoms with Crippen LogP contribution in [0.5, 0.6) is 0 Å². The molecule has 0 radical (unpaired) electrons. The molecule has 5 rings (SSSR count). The maximum absolute atomic E-state index is 14.5. The first kappa shape index (κ1) is 28.6.